The number of carbonyl (C=O) groups excluding carboxylic acids is 1. The second-order valence-electron chi connectivity index (χ2n) is 7.27. The molecule has 4 rings (SSSR count). The van der Waals surface area contributed by atoms with Gasteiger partial charge in [0.2, 0.25) is 5.91 Å². The molecule has 2 fully saturated rings. The number of piperazine rings is 1. The molecule has 1 heterocycles. The molecule has 1 saturated heterocycles. The van der Waals surface area contributed by atoms with Crippen molar-refractivity contribution in [1.82, 2.24) is 10.2 Å². The number of primary amides is 1. The third-order valence-corrected chi connectivity index (χ3v) is 6.23. The number of benzene rings is 2. The molecule has 3 unspecified atom stereocenters. The van der Waals surface area contributed by atoms with E-state index in [1.807, 2.05) is 48.5 Å². The van der Waals surface area contributed by atoms with Crippen LogP contribution in [0, 0.1) is 0 Å². The van der Waals surface area contributed by atoms with Crippen LogP contribution >= 0.6 is 0 Å². The van der Waals surface area contributed by atoms with Crippen LogP contribution in [0.5, 0.6) is 0 Å². The van der Waals surface area contributed by atoms with Gasteiger partial charge in [-0.2, -0.15) is 0 Å². The summed E-state index contributed by atoms with van der Waals surface area (Å²) in [5.74, 6) is -0.159. The molecular formula is C21H25N3O. The van der Waals surface area contributed by atoms with Crippen molar-refractivity contribution in [2.45, 2.75) is 23.8 Å². The number of nitrogens with one attached hydrogen (secondary N) is 1. The summed E-state index contributed by atoms with van der Waals surface area (Å²) in [6.45, 7) is 5.97. The van der Waals surface area contributed by atoms with Crippen LogP contribution in [0.15, 0.2) is 60.7 Å². The maximum atomic E-state index is 12.9. The molecular weight excluding hydrogens is 310 g/mol. The molecule has 0 bridgehead atoms. The molecule has 2 aromatic rings. The maximum absolute atomic E-state index is 12.9. The van der Waals surface area contributed by atoms with E-state index >= 15 is 0 Å². The van der Waals surface area contributed by atoms with Gasteiger partial charge in [-0.3, -0.25) is 9.69 Å². The van der Waals surface area contributed by atoms with Crippen molar-refractivity contribution in [3.8, 4) is 0 Å². The van der Waals surface area contributed by atoms with Crippen LogP contribution in [0.1, 0.15) is 24.0 Å². The molecule has 4 heteroatoms. The second kappa shape index (κ2) is 5.97. The highest BCUT2D eigenvalue weighted by molar-refractivity contribution is 5.96. The van der Waals surface area contributed by atoms with Crippen LogP contribution in [0.4, 0.5) is 0 Å². The number of hydrogen-bond donors (Lipinski definition) is 2. The van der Waals surface area contributed by atoms with E-state index in [0.29, 0.717) is 0 Å². The van der Waals surface area contributed by atoms with E-state index in [0.717, 1.165) is 31.7 Å². The van der Waals surface area contributed by atoms with Crippen LogP contribution in [0.25, 0.3) is 0 Å². The van der Waals surface area contributed by atoms with Crippen LogP contribution in [0.3, 0.4) is 0 Å². The molecule has 2 aromatic carbocycles. The predicted octanol–water partition coefficient (Wildman–Crippen LogP) is 1.87. The molecule has 1 aliphatic carbocycles. The number of carbonyl (C=O) groups is 1. The Kier molecular flexibility index (Phi) is 3.89. The van der Waals surface area contributed by atoms with Gasteiger partial charge in [-0.1, -0.05) is 60.7 Å². The fourth-order valence-corrected chi connectivity index (χ4v) is 5.08. The smallest absolute Gasteiger partial charge is 0.230 e. The minimum absolute atomic E-state index is 0.0687. The zero-order chi connectivity index (χ0) is 17.5. The lowest BCUT2D eigenvalue weighted by atomic mass is 9.87. The Morgan fingerprint density at radius 1 is 1.04 bits per heavy atom. The van der Waals surface area contributed by atoms with Crippen molar-refractivity contribution >= 4 is 5.91 Å². The molecule has 4 nitrogen and oxygen atoms in total. The SMILES string of the molecule is CC1(N2CCNCC2)C(c2ccccc2)C1(C(N)=O)c1ccccc1. The molecule has 1 aliphatic heterocycles. The average molecular weight is 335 g/mol. The number of hydrogen-bond acceptors (Lipinski definition) is 3. The first kappa shape index (κ1) is 16.3. The van der Waals surface area contributed by atoms with E-state index in [1.165, 1.54) is 5.56 Å². The van der Waals surface area contributed by atoms with E-state index in [1.54, 1.807) is 0 Å². The minimum Gasteiger partial charge on any atom is -0.369 e. The van der Waals surface area contributed by atoms with Gasteiger partial charge in [-0.15, -0.1) is 0 Å². The number of nitrogens with two attached hydrogens (primary N) is 1. The van der Waals surface area contributed by atoms with Crippen molar-refractivity contribution in [3.05, 3.63) is 71.8 Å². The van der Waals surface area contributed by atoms with E-state index in [-0.39, 0.29) is 17.4 Å². The summed E-state index contributed by atoms with van der Waals surface area (Å²) in [7, 11) is 0. The fourth-order valence-electron chi connectivity index (χ4n) is 5.08. The van der Waals surface area contributed by atoms with Crippen molar-refractivity contribution in [2.75, 3.05) is 26.2 Å². The first-order valence-electron chi connectivity index (χ1n) is 8.99. The van der Waals surface area contributed by atoms with Crippen LogP contribution in [-0.2, 0) is 10.2 Å². The van der Waals surface area contributed by atoms with Gasteiger partial charge in [0.25, 0.3) is 0 Å². The Morgan fingerprint density at radius 2 is 1.60 bits per heavy atom. The van der Waals surface area contributed by atoms with E-state index < -0.39 is 5.41 Å². The molecule has 3 N–H and O–H groups in total. The van der Waals surface area contributed by atoms with Crippen molar-refractivity contribution < 1.29 is 4.79 Å². The number of amides is 1. The largest absolute Gasteiger partial charge is 0.369 e. The fraction of sp³-hybridized carbons (Fsp3) is 0.381. The van der Waals surface area contributed by atoms with Gasteiger partial charge < -0.3 is 11.1 Å². The highest BCUT2D eigenvalue weighted by Gasteiger charge is 2.80. The van der Waals surface area contributed by atoms with Gasteiger partial charge in [-0.05, 0) is 18.1 Å². The van der Waals surface area contributed by atoms with E-state index in [4.69, 9.17) is 5.73 Å². The van der Waals surface area contributed by atoms with Crippen LogP contribution in [-0.4, -0.2) is 42.5 Å². The third kappa shape index (κ3) is 2.17. The monoisotopic (exact) mass is 335 g/mol. The number of rotatable bonds is 4. The van der Waals surface area contributed by atoms with Crippen LogP contribution < -0.4 is 11.1 Å². The molecule has 0 radical (unpaired) electrons. The van der Waals surface area contributed by atoms with Crippen molar-refractivity contribution in [3.63, 3.8) is 0 Å². The van der Waals surface area contributed by atoms with Crippen LogP contribution in [0.2, 0.25) is 0 Å². The Morgan fingerprint density at radius 3 is 2.16 bits per heavy atom. The zero-order valence-corrected chi connectivity index (χ0v) is 14.6. The second-order valence-corrected chi connectivity index (χ2v) is 7.27. The molecule has 130 valence electrons. The lowest BCUT2D eigenvalue weighted by Gasteiger charge is -2.36. The Labute approximate surface area is 149 Å². The summed E-state index contributed by atoms with van der Waals surface area (Å²) in [5.41, 5.74) is 7.32. The zero-order valence-electron chi connectivity index (χ0n) is 14.6. The van der Waals surface area contributed by atoms with Gasteiger partial charge >= 0.3 is 0 Å². The van der Waals surface area contributed by atoms with Gasteiger partial charge in [0.15, 0.2) is 0 Å². The summed E-state index contributed by atoms with van der Waals surface area (Å²) in [6.07, 6.45) is 0. The standard InChI is InChI=1S/C21H25N3O/c1-20(24-14-12-23-13-15-24)18(16-8-4-2-5-9-16)21(20,19(22)25)17-10-6-3-7-11-17/h2-11,18,23H,12-15H2,1H3,(H2,22,25). The Bertz CT molecular complexity index is 757. The van der Waals surface area contributed by atoms with Crippen molar-refractivity contribution in [1.29, 1.82) is 0 Å². The summed E-state index contributed by atoms with van der Waals surface area (Å²) in [6, 6.07) is 20.4. The first-order valence-corrected chi connectivity index (χ1v) is 8.99. The molecule has 1 saturated carbocycles. The Balaban J connectivity index is 1.88. The Hall–Kier alpha value is -2.17. The van der Waals surface area contributed by atoms with Crippen molar-refractivity contribution in [2.24, 2.45) is 5.73 Å². The van der Waals surface area contributed by atoms with E-state index in [2.05, 4.69) is 29.3 Å². The highest BCUT2D eigenvalue weighted by Crippen LogP contribution is 2.70. The van der Waals surface area contributed by atoms with Gasteiger partial charge in [0, 0.05) is 37.6 Å². The summed E-state index contributed by atoms with van der Waals surface area (Å²) in [5, 5.41) is 3.41. The molecule has 0 aromatic heterocycles. The lowest BCUT2D eigenvalue weighted by Crippen LogP contribution is -2.53. The lowest BCUT2D eigenvalue weighted by molar-refractivity contribution is -0.121. The number of nitrogens with zero attached hydrogens (tertiary/aromatic N) is 1. The summed E-state index contributed by atoms with van der Waals surface area (Å²) < 4.78 is 0. The molecule has 25 heavy (non-hydrogen) atoms. The topological polar surface area (TPSA) is 58.4 Å². The predicted molar refractivity (Wildman–Crippen MR) is 99.3 cm³/mol. The summed E-state index contributed by atoms with van der Waals surface area (Å²) >= 11 is 0. The minimum atomic E-state index is -0.688. The molecule has 1 amide bonds. The molecule has 0 spiro atoms. The average Bonchev–Trinajstić information content (AvgIpc) is 3.26. The highest BCUT2D eigenvalue weighted by atomic mass is 16.1. The molecule has 3 atom stereocenters. The van der Waals surface area contributed by atoms with Gasteiger partial charge in [0.1, 0.15) is 5.41 Å². The molecule has 2 aliphatic rings. The van der Waals surface area contributed by atoms with E-state index in [9.17, 15) is 4.79 Å². The first-order chi connectivity index (χ1) is 12.1. The van der Waals surface area contributed by atoms with Gasteiger partial charge in [-0.25, -0.2) is 0 Å². The maximum Gasteiger partial charge on any atom is 0.230 e. The van der Waals surface area contributed by atoms with Gasteiger partial charge in [0.05, 0.1) is 0 Å². The quantitative estimate of drug-likeness (QED) is 0.897. The summed E-state index contributed by atoms with van der Waals surface area (Å²) in [4.78, 5) is 15.4. The normalized spacial score (nSPS) is 32.3. The third-order valence-electron chi connectivity index (χ3n) is 6.23.